The molecule has 0 spiro atoms. The van der Waals surface area contributed by atoms with Crippen molar-refractivity contribution < 1.29 is 14.6 Å². The van der Waals surface area contributed by atoms with Crippen LogP contribution in [0.15, 0.2) is 24.3 Å². The summed E-state index contributed by atoms with van der Waals surface area (Å²) in [6, 6.07) is 0. The number of aliphatic carboxylic acids is 1. The number of fused-ring (bicyclic) bond motifs is 7. The van der Waals surface area contributed by atoms with E-state index in [0.717, 1.165) is 71.2 Å². The van der Waals surface area contributed by atoms with Gasteiger partial charge in [0.25, 0.3) is 0 Å². The number of nitrogens with zero attached hydrogens (tertiary/aromatic N) is 2. The van der Waals surface area contributed by atoms with Gasteiger partial charge in [-0.1, -0.05) is 24.3 Å². The minimum absolute atomic E-state index is 0.0419. The van der Waals surface area contributed by atoms with E-state index in [1.807, 2.05) is 6.92 Å². The molecule has 6 aliphatic carbocycles. The normalized spacial score (nSPS) is 45.5. The predicted molar refractivity (Wildman–Crippen MR) is 149 cm³/mol. The van der Waals surface area contributed by atoms with Crippen LogP contribution in [0.5, 0.6) is 5.88 Å². The van der Waals surface area contributed by atoms with Crippen molar-refractivity contribution in [3.05, 3.63) is 30.0 Å². The van der Waals surface area contributed by atoms with Gasteiger partial charge in [-0.25, -0.2) is 0 Å². The topological polar surface area (TPSA) is 72.3 Å². The summed E-state index contributed by atoms with van der Waals surface area (Å²) in [6.07, 6.45) is 24.6. The second kappa shape index (κ2) is 10.1. The molecule has 0 aliphatic heterocycles. The van der Waals surface area contributed by atoms with Crippen LogP contribution in [0, 0.1) is 71.5 Å². The van der Waals surface area contributed by atoms with Crippen LogP contribution in [-0.2, 0) is 4.79 Å². The molecule has 1 aromatic rings. The maximum Gasteiger partial charge on any atom is 0.313 e. The Labute approximate surface area is 231 Å². The number of aromatic nitrogens is 2. The SMILES string of the molecule is Cc1nsnc1OCC1(C(=O)O)CCC=CC1C1CCC2C(CCC3C2CCC2C4CC=CC4CCC23)C1. The van der Waals surface area contributed by atoms with Crippen molar-refractivity contribution in [1.29, 1.82) is 0 Å². The van der Waals surface area contributed by atoms with E-state index in [0.29, 0.717) is 18.2 Å². The first-order chi connectivity index (χ1) is 18.5. The van der Waals surface area contributed by atoms with Crippen molar-refractivity contribution in [2.75, 3.05) is 6.61 Å². The lowest BCUT2D eigenvalue weighted by Crippen LogP contribution is -2.51. The molecule has 6 aliphatic rings. The fourth-order valence-electron chi connectivity index (χ4n) is 10.8. The number of hydrogen-bond donors (Lipinski definition) is 1. The molecule has 1 heterocycles. The molecule has 206 valence electrons. The molecule has 11 unspecified atom stereocenters. The zero-order valence-electron chi connectivity index (χ0n) is 22.8. The molecule has 5 nitrogen and oxygen atoms in total. The molecular weight excluding hydrogens is 492 g/mol. The van der Waals surface area contributed by atoms with Crippen molar-refractivity contribution in [1.82, 2.24) is 8.75 Å². The molecule has 0 amide bonds. The number of allylic oxidation sites excluding steroid dienone is 4. The van der Waals surface area contributed by atoms with Crippen LogP contribution in [0.1, 0.15) is 82.7 Å². The number of carboxylic acid groups (broad SMARTS) is 1. The highest BCUT2D eigenvalue weighted by Crippen LogP contribution is 2.61. The van der Waals surface area contributed by atoms with Gasteiger partial charge in [0.2, 0.25) is 5.88 Å². The Bertz CT molecular complexity index is 1100. The van der Waals surface area contributed by atoms with Gasteiger partial charge in [-0.15, -0.1) is 4.37 Å². The van der Waals surface area contributed by atoms with E-state index in [-0.39, 0.29) is 12.5 Å². The summed E-state index contributed by atoms with van der Waals surface area (Å²) in [4.78, 5) is 12.9. The third-order valence-electron chi connectivity index (χ3n) is 12.5. The van der Waals surface area contributed by atoms with E-state index in [2.05, 4.69) is 33.1 Å². The van der Waals surface area contributed by atoms with Gasteiger partial charge < -0.3 is 9.84 Å². The Balaban J connectivity index is 1.06. The summed E-state index contributed by atoms with van der Waals surface area (Å²) in [6.45, 7) is 2.07. The Morgan fingerprint density at radius 1 is 0.921 bits per heavy atom. The van der Waals surface area contributed by atoms with E-state index in [4.69, 9.17) is 4.74 Å². The Morgan fingerprint density at radius 2 is 1.63 bits per heavy atom. The monoisotopic (exact) mass is 536 g/mol. The number of carbonyl (C=O) groups is 1. The first kappa shape index (κ1) is 25.3. The minimum Gasteiger partial charge on any atom is -0.481 e. The third-order valence-corrected chi connectivity index (χ3v) is 13.1. The molecule has 6 heteroatoms. The molecule has 4 fully saturated rings. The second-order valence-electron chi connectivity index (χ2n) is 13.8. The van der Waals surface area contributed by atoms with Gasteiger partial charge in [-0.05, 0) is 143 Å². The maximum absolute atomic E-state index is 12.9. The number of hydrogen-bond acceptors (Lipinski definition) is 5. The van der Waals surface area contributed by atoms with E-state index in [1.54, 1.807) is 0 Å². The van der Waals surface area contributed by atoms with Crippen LogP contribution in [0.25, 0.3) is 0 Å². The third kappa shape index (κ3) is 4.10. The minimum atomic E-state index is -0.870. The molecule has 7 rings (SSSR count). The molecule has 1 aromatic heterocycles. The van der Waals surface area contributed by atoms with Crippen molar-refractivity contribution >= 4 is 17.7 Å². The molecule has 4 saturated carbocycles. The zero-order chi connectivity index (χ0) is 25.9. The first-order valence-corrected chi connectivity index (χ1v) is 16.3. The number of carboxylic acids is 1. The quantitative estimate of drug-likeness (QED) is 0.399. The fraction of sp³-hybridized carbons (Fsp3) is 0.781. The van der Waals surface area contributed by atoms with Crippen LogP contribution in [0.2, 0.25) is 0 Å². The van der Waals surface area contributed by atoms with Crippen LogP contribution < -0.4 is 4.74 Å². The van der Waals surface area contributed by atoms with E-state index < -0.39 is 11.4 Å². The number of rotatable bonds is 5. The molecule has 11 atom stereocenters. The smallest absolute Gasteiger partial charge is 0.313 e. The van der Waals surface area contributed by atoms with Gasteiger partial charge in [0.15, 0.2) is 0 Å². The Kier molecular flexibility index (Phi) is 6.69. The van der Waals surface area contributed by atoms with E-state index in [9.17, 15) is 9.90 Å². The van der Waals surface area contributed by atoms with Gasteiger partial charge in [-0.2, -0.15) is 4.37 Å². The summed E-state index contributed by atoms with van der Waals surface area (Å²) in [5.41, 5.74) is -0.117. The van der Waals surface area contributed by atoms with Crippen molar-refractivity contribution in [2.24, 2.45) is 64.6 Å². The standard InChI is InChI=1S/C32H44N2O3S/c1-19-30(34-38-33-19)37-18-32(31(35)36)16-3-2-7-29(32)22-10-11-24-21(17-22)9-13-28-26(24)15-14-25-23-6-4-5-20(23)8-12-27(25)28/h2,4-5,7,20-29H,3,6,8-18H2,1H3,(H,35,36). The van der Waals surface area contributed by atoms with Gasteiger partial charge in [0.1, 0.15) is 17.7 Å². The average molecular weight is 537 g/mol. The van der Waals surface area contributed by atoms with Crippen molar-refractivity contribution in [3.63, 3.8) is 0 Å². The van der Waals surface area contributed by atoms with E-state index in [1.165, 1.54) is 64.2 Å². The molecule has 0 aromatic carbocycles. The van der Waals surface area contributed by atoms with Gasteiger partial charge in [0, 0.05) is 0 Å². The van der Waals surface area contributed by atoms with E-state index >= 15 is 0 Å². The highest BCUT2D eigenvalue weighted by Gasteiger charge is 2.55. The molecule has 0 saturated heterocycles. The maximum atomic E-state index is 12.9. The van der Waals surface area contributed by atoms with Crippen molar-refractivity contribution in [3.8, 4) is 5.88 Å². The molecule has 0 radical (unpaired) electrons. The first-order valence-electron chi connectivity index (χ1n) is 15.5. The highest BCUT2D eigenvalue weighted by atomic mass is 32.1. The Hall–Kier alpha value is -1.69. The lowest BCUT2D eigenvalue weighted by atomic mass is 9.48. The molecule has 38 heavy (non-hydrogen) atoms. The van der Waals surface area contributed by atoms with Crippen LogP contribution in [0.3, 0.4) is 0 Å². The number of aryl methyl sites for hydroxylation is 1. The molecule has 1 N–H and O–H groups in total. The Morgan fingerprint density at radius 3 is 2.42 bits per heavy atom. The van der Waals surface area contributed by atoms with Crippen LogP contribution in [-0.4, -0.2) is 26.4 Å². The van der Waals surface area contributed by atoms with Crippen molar-refractivity contribution in [2.45, 2.75) is 84.0 Å². The van der Waals surface area contributed by atoms with Crippen LogP contribution >= 0.6 is 11.7 Å². The van der Waals surface area contributed by atoms with Gasteiger partial charge >= 0.3 is 5.97 Å². The summed E-state index contributed by atoms with van der Waals surface area (Å²) in [5.74, 6) is 7.64. The predicted octanol–water partition coefficient (Wildman–Crippen LogP) is 7.33. The van der Waals surface area contributed by atoms with Gasteiger partial charge in [0.05, 0.1) is 11.7 Å². The fourth-order valence-corrected chi connectivity index (χ4v) is 11.3. The highest BCUT2D eigenvalue weighted by molar-refractivity contribution is 6.99. The lowest BCUT2D eigenvalue weighted by Gasteiger charge is -2.57. The number of ether oxygens (including phenoxy) is 1. The molecule has 0 bridgehead atoms. The summed E-state index contributed by atoms with van der Waals surface area (Å²) in [7, 11) is 0. The second-order valence-corrected chi connectivity index (χ2v) is 14.3. The largest absolute Gasteiger partial charge is 0.481 e. The summed E-state index contributed by atoms with van der Waals surface area (Å²) in [5, 5.41) is 10.6. The van der Waals surface area contributed by atoms with Crippen LogP contribution in [0.4, 0.5) is 0 Å². The lowest BCUT2D eigenvalue weighted by molar-refractivity contribution is -0.158. The summed E-state index contributed by atoms with van der Waals surface area (Å²) >= 11 is 1.13. The van der Waals surface area contributed by atoms with Gasteiger partial charge in [-0.3, -0.25) is 4.79 Å². The summed E-state index contributed by atoms with van der Waals surface area (Å²) < 4.78 is 14.6. The average Bonchev–Trinajstić information content (AvgIpc) is 3.60. The zero-order valence-corrected chi connectivity index (χ0v) is 23.7. The molecular formula is C32H44N2O3S.